The first-order chi connectivity index (χ1) is 20.2. The van der Waals surface area contributed by atoms with Crippen molar-refractivity contribution in [1.82, 2.24) is 19.8 Å². The summed E-state index contributed by atoms with van der Waals surface area (Å²) in [6.07, 6.45) is 5.68. The Morgan fingerprint density at radius 2 is 1.74 bits per heavy atom. The number of piperazine rings is 1. The van der Waals surface area contributed by atoms with Gasteiger partial charge in [-0.3, -0.25) is 4.90 Å². The summed E-state index contributed by atoms with van der Waals surface area (Å²) in [6.45, 7) is 14.0. The first kappa shape index (κ1) is 30.4. The summed E-state index contributed by atoms with van der Waals surface area (Å²) in [4.78, 5) is 16.6. The Bertz CT molecular complexity index is 1420. The smallest absolute Gasteiger partial charge is 0.229 e. The van der Waals surface area contributed by atoms with Gasteiger partial charge < -0.3 is 30.3 Å². The number of nitrogens with zero attached hydrogens (tertiary/aromatic N) is 5. The van der Waals surface area contributed by atoms with Gasteiger partial charge in [-0.2, -0.15) is 4.98 Å². The third kappa shape index (κ3) is 7.64. The summed E-state index contributed by atoms with van der Waals surface area (Å²) in [7, 11) is -0.257. The molecule has 2 aromatic carbocycles. The number of hydrogen-bond donors (Lipinski definition) is 3. The Balaban J connectivity index is 1.30. The molecule has 11 heteroatoms. The fourth-order valence-corrected chi connectivity index (χ4v) is 6.95. The van der Waals surface area contributed by atoms with E-state index in [2.05, 4.69) is 60.3 Å². The molecule has 3 heterocycles. The molecule has 5 rings (SSSR count). The third-order valence-electron chi connectivity index (χ3n) is 8.01. The fourth-order valence-electron chi connectivity index (χ4n) is 5.68. The molecule has 2 fully saturated rings. The number of aromatic nitrogens is 2. The van der Waals surface area contributed by atoms with Crippen LogP contribution in [0.2, 0.25) is 0 Å². The molecule has 0 bridgehead atoms. The van der Waals surface area contributed by atoms with Gasteiger partial charge in [-0.05, 0) is 69.6 Å². The second-order valence-electron chi connectivity index (χ2n) is 11.5. The molecule has 1 atom stereocenters. The minimum Gasteiger partial charge on any atom is -0.370 e. The van der Waals surface area contributed by atoms with Gasteiger partial charge >= 0.3 is 0 Å². The lowest BCUT2D eigenvalue weighted by Crippen LogP contribution is -2.52. The Labute approximate surface area is 254 Å². The lowest BCUT2D eigenvalue weighted by molar-refractivity contribution is 0.0982. The van der Waals surface area contributed by atoms with Crippen molar-refractivity contribution in [3.05, 3.63) is 67.4 Å². The van der Waals surface area contributed by atoms with Crippen LogP contribution in [-0.4, -0.2) is 91.0 Å². The molecular weight excluding hydrogens is 567 g/mol. The summed E-state index contributed by atoms with van der Waals surface area (Å²) >= 11 is 6.47. The lowest BCUT2D eigenvalue weighted by atomic mass is 10.0. The Kier molecular flexibility index (Phi) is 9.74. The molecule has 0 saturated carbocycles. The predicted molar refractivity (Wildman–Crippen MR) is 178 cm³/mol. The number of halogens is 1. The maximum Gasteiger partial charge on any atom is 0.229 e. The first-order valence-corrected chi connectivity index (χ1v) is 17.6. The van der Waals surface area contributed by atoms with E-state index in [0.29, 0.717) is 17.8 Å². The van der Waals surface area contributed by atoms with Crippen LogP contribution in [0.15, 0.2) is 67.4 Å². The number of para-hydroxylation sites is 1. The number of piperidine rings is 1. The first-order valence-electron chi connectivity index (χ1n) is 14.6. The van der Waals surface area contributed by atoms with Gasteiger partial charge in [0.05, 0.1) is 17.1 Å². The monoisotopic (exact) mass is 608 g/mol. The molecule has 0 amide bonds. The highest BCUT2D eigenvalue weighted by Gasteiger charge is 2.28. The van der Waals surface area contributed by atoms with Crippen LogP contribution < -0.4 is 26.2 Å². The average molecular weight is 609 g/mol. The van der Waals surface area contributed by atoms with Gasteiger partial charge in [0, 0.05) is 62.5 Å². The molecule has 0 spiro atoms. The molecule has 224 valence electrons. The summed E-state index contributed by atoms with van der Waals surface area (Å²) in [5, 5.41) is 10.8. The van der Waals surface area contributed by atoms with E-state index in [1.165, 1.54) is 0 Å². The van der Waals surface area contributed by atoms with Gasteiger partial charge in [0.25, 0.3) is 0 Å². The van der Waals surface area contributed by atoms with Gasteiger partial charge in [-0.1, -0.05) is 36.4 Å². The van der Waals surface area contributed by atoms with Crippen LogP contribution in [0.5, 0.6) is 0 Å². The van der Waals surface area contributed by atoms with E-state index in [4.69, 9.17) is 11.6 Å². The molecule has 2 saturated heterocycles. The summed E-state index contributed by atoms with van der Waals surface area (Å²) < 4.78 is 12.8. The number of nitrogens with one attached hydrogen (secondary N) is 3. The fraction of sp³-hybridized carbons (Fsp3) is 0.419. The minimum atomic E-state index is -2.46. The molecule has 1 unspecified atom stereocenters. The highest BCUT2D eigenvalue weighted by Crippen LogP contribution is 2.38. The van der Waals surface area contributed by atoms with Crippen molar-refractivity contribution in [3.8, 4) is 0 Å². The maximum atomic E-state index is 12.8. The molecule has 0 aliphatic carbocycles. The van der Waals surface area contributed by atoms with E-state index in [0.717, 1.165) is 80.2 Å². The van der Waals surface area contributed by atoms with E-state index in [-0.39, 0.29) is 0 Å². The van der Waals surface area contributed by atoms with E-state index < -0.39 is 12.6 Å². The molecule has 2 aliphatic heterocycles. The van der Waals surface area contributed by atoms with Crippen molar-refractivity contribution < 1.29 is 4.57 Å². The maximum absolute atomic E-state index is 12.8. The van der Waals surface area contributed by atoms with Crippen LogP contribution in [0.25, 0.3) is 0 Å². The number of benzene rings is 2. The van der Waals surface area contributed by atoms with E-state index in [1.807, 2.05) is 36.4 Å². The van der Waals surface area contributed by atoms with Crippen LogP contribution in [0.3, 0.4) is 0 Å². The van der Waals surface area contributed by atoms with Crippen molar-refractivity contribution >= 4 is 58.6 Å². The number of alkyl halides is 1. The topological polar surface area (TPSA) is 88.7 Å². The summed E-state index contributed by atoms with van der Waals surface area (Å²) in [5.41, 5.74) is 3.27. The molecule has 42 heavy (non-hydrogen) atoms. The molecule has 0 radical (unpaired) electrons. The standard InChI is InChI=1S/C31H42ClN8OP/c1-5-29(32)35-26-22-23(10-11-27(26)40-16-13-24(14-17-40)39-20-18-38(2)19-21-39)34-31-33-15-12-30(37-31)36-25-8-6-7-9-28(25)42(3,4)41/h5-12,15,22,24,29,35H,1,13-14,16-21H2,2-4H3,(H2,33,34,36,37). The predicted octanol–water partition coefficient (Wildman–Crippen LogP) is 5.59. The van der Waals surface area contributed by atoms with Gasteiger partial charge in [0.15, 0.2) is 0 Å². The largest absolute Gasteiger partial charge is 0.370 e. The second kappa shape index (κ2) is 13.5. The van der Waals surface area contributed by atoms with Crippen LogP contribution >= 0.6 is 18.7 Å². The Hall–Kier alpha value is -3.10. The van der Waals surface area contributed by atoms with Crippen molar-refractivity contribution in [1.29, 1.82) is 0 Å². The highest BCUT2D eigenvalue weighted by molar-refractivity contribution is 7.70. The molecule has 2 aliphatic rings. The van der Waals surface area contributed by atoms with Gasteiger partial charge in [-0.25, -0.2) is 4.98 Å². The lowest BCUT2D eigenvalue weighted by Gasteiger charge is -2.43. The molecule has 1 aromatic heterocycles. The average Bonchev–Trinajstić information content (AvgIpc) is 2.98. The van der Waals surface area contributed by atoms with Crippen LogP contribution in [0.4, 0.5) is 34.5 Å². The number of likely N-dealkylation sites (N-methyl/N-ethyl adjacent to an activating group) is 1. The van der Waals surface area contributed by atoms with Gasteiger partial charge in [0.2, 0.25) is 5.95 Å². The Morgan fingerprint density at radius 3 is 2.45 bits per heavy atom. The number of rotatable bonds is 10. The quantitative estimate of drug-likeness (QED) is 0.118. The third-order valence-corrected chi connectivity index (χ3v) is 9.85. The second-order valence-corrected chi connectivity index (χ2v) is 15.1. The zero-order valence-electron chi connectivity index (χ0n) is 24.8. The van der Waals surface area contributed by atoms with Crippen LogP contribution in [0, 0.1) is 0 Å². The molecular formula is C31H42ClN8OP. The van der Waals surface area contributed by atoms with Crippen molar-refractivity contribution in [2.75, 3.05) is 80.5 Å². The molecule has 3 aromatic rings. The summed E-state index contributed by atoms with van der Waals surface area (Å²) in [5.74, 6) is 1.06. The van der Waals surface area contributed by atoms with E-state index in [1.54, 1.807) is 31.7 Å². The summed E-state index contributed by atoms with van der Waals surface area (Å²) in [6, 6.07) is 16.3. The van der Waals surface area contributed by atoms with E-state index in [9.17, 15) is 4.57 Å². The molecule has 9 nitrogen and oxygen atoms in total. The highest BCUT2D eigenvalue weighted by atomic mass is 35.5. The number of hydrogen-bond acceptors (Lipinski definition) is 9. The Morgan fingerprint density at radius 1 is 1.00 bits per heavy atom. The zero-order chi connectivity index (χ0) is 29.7. The molecule has 3 N–H and O–H groups in total. The normalized spacial score (nSPS) is 18.0. The van der Waals surface area contributed by atoms with Gasteiger partial charge in [-0.15, -0.1) is 0 Å². The SMILES string of the molecule is C=CC(Cl)Nc1cc(Nc2nccc(Nc3ccccc3P(C)(C)=O)n2)ccc1N1CCC(N2CCN(C)CC2)CC1. The van der Waals surface area contributed by atoms with Crippen molar-refractivity contribution in [3.63, 3.8) is 0 Å². The van der Waals surface area contributed by atoms with Gasteiger partial charge in [0.1, 0.15) is 18.5 Å². The minimum absolute atomic E-state index is 0.404. The number of anilines is 6. The zero-order valence-corrected chi connectivity index (χ0v) is 26.4. The van der Waals surface area contributed by atoms with E-state index >= 15 is 0 Å². The van der Waals surface area contributed by atoms with Crippen molar-refractivity contribution in [2.24, 2.45) is 0 Å². The van der Waals surface area contributed by atoms with Crippen molar-refractivity contribution in [2.45, 2.75) is 24.4 Å². The van der Waals surface area contributed by atoms with Crippen LogP contribution in [-0.2, 0) is 4.57 Å². The van der Waals surface area contributed by atoms with Crippen LogP contribution in [0.1, 0.15) is 12.8 Å².